The van der Waals surface area contributed by atoms with Gasteiger partial charge in [-0.1, -0.05) is 35.9 Å². The molecule has 1 aromatic heterocycles. The van der Waals surface area contributed by atoms with Crippen molar-refractivity contribution in [2.75, 3.05) is 5.32 Å². The van der Waals surface area contributed by atoms with Gasteiger partial charge in [0.2, 0.25) is 0 Å². The van der Waals surface area contributed by atoms with Gasteiger partial charge in [0.15, 0.2) is 5.69 Å². The first-order chi connectivity index (χ1) is 9.65. The van der Waals surface area contributed by atoms with Crippen LogP contribution in [0, 0.1) is 6.92 Å². The van der Waals surface area contributed by atoms with Gasteiger partial charge in [0.25, 0.3) is 5.91 Å². The number of rotatable bonds is 2. The molecule has 0 unspecified atom stereocenters. The summed E-state index contributed by atoms with van der Waals surface area (Å²) < 4.78 is 0. The zero-order chi connectivity index (χ0) is 14.1. The lowest BCUT2D eigenvalue weighted by Crippen LogP contribution is -2.13. The number of aromatic amines is 1. The molecule has 0 spiro atoms. The molecule has 0 aliphatic carbocycles. The summed E-state index contributed by atoms with van der Waals surface area (Å²) in [6.07, 6.45) is 0. The molecule has 0 atom stereocenters. The second kappa shape index (κ2) is 4.98. The van der Waals surface area contributed by atoms with E-state index in [1.54, 1.807) is 6.07 Å². The van der Waals surface area contributed by atoms with Crippen molar-refractivity contribution in [2.24, 2.45) is 0 Å². The number of halogens is 1. The van der Waals surface area contributed by atoms with E-state index in [0.717, 1.165) is 16.5 Å². The minimum Gasteiger partial charge on any atom is -0.319 e. The summed E-state index contributed by atoms with van der Waals surface area (Å²) in [5.74, 6) is -0.282. The van der Waals surface area contributed by atoms with Gasteiger partial charge in [-0.3, -0.25) is 9.89 Å². The van der Waals surface area contributed by atoms with Gasteiger partial charge in [0.1, 0.15) is 0 Å². The first-order valence-electron chi connectivity index (χ1n) is 6.16. The first-order valence-corrected chi connectivity index (χ1v) is 6.53. The quantitative estimate of drug-likeness (QED) is 0.753. The first kappa shape index (κ1) is 12.7. The van der Waals surface area contributed by atoms with Crippen molar-refractivity contribution in [1.29, 1.82) is 0 Å². The summed E-state index contributed by atoms with van der Waals surface area (Å²) in [6.45, 7) is 1.94. The molecule has 2 N–H and O–H groups in total. The number of fused-ring (bicyclic) bond motifs is 1. The van der Waals surface area contributed by atoms with E-state index in [9.17, 15) is 4.79 Å². The summed E-state index contributed by atoms with van der Waals surface area (Å²) in [5, 5.41) is 11.0. The topological polar surface area (TPSA) is 57.8 Å². The van der Waals surface area contributed by atoms with E-state index >= 15 is 0 Å². The number of amides is 1. The van der Waals surface area contributed by atoms with Gasteiger partial charge in [-0.2, -0.15) is 5.10 Å². The van der Waals surface area contributed by atoms with Gasteiger partial charge >= 0.3 is 0 Å². The number of anilines is 1. The number of H-pyrrole nitrogens is 1. The van der Waals surface area contributed by atoms with Crippen LogP contribution in [0.4, 0.5) is 5.69 Å². The van der Waals surface area contributed by atoms with Crippen LogP contribution >= 0.6 is 11.6 Å². The standard InChI is InChI=1S/C15H12ClN3O/c1-9-6-7-11(16)13(8-9)17-15(20)14-10-4-2-3-5-12(10)18-19-14/h2-8H,1H3,(H,17,20)(H,18,19). The van der Waals surface area contributed by atoms with Crippen molar-refractivity contribution < 1.29 is 4.79 Å². The Bertz CT molecular complexity index is 795. The van der Waals surface area contributed by atoms with Crippen LogP contribution in [-0.2, 0) is 0 Å². The molecule has 0 aliphatic heterocycles. The maximum Gasteiger partial charge on any atom is 0.276 e. The molecule has 100 valence electrons. The molecule has 2 aromatic carbocycles. The summed E-state index contributed by atoms with van der Waals surface area (Å²) in [7, 11) is 0. The van der Waals surface area contributed by atoms with E-state index in [0.29, 0.717) is 16.4 Å². The zero-order valence-electron chi connectivity index (χ0n) is 10.8. The third kappa shape index (κ3) is 2.26. The highest BCUT2D eigenvalue weighted by Gasteiger charge is 2.15. The molecule has 5 heteroatoms. The van der Waals surface area contributed by atoms with Crippen LogP contribution in [0.3, 0.4) is 0 Å². The Morgan fingerprint density at radius 2 is 2.05 bits per heavy atom. The smallest absolute Gasteiger partial charge is 0.276 e. The number of aryl methyl sites for hydroxylation is 1. The molecule has 3 aromatic rings. The summed E-state index contributed by atoms with van der Waals surface area (Å²) in [4.78, 5) is 12.3. The van der Waals surface area contributed by atoms with Crippen LogP contribution in [0.2, 0.25) is 5.02 Å². The monoisotopic (exact) mass is 285 g/mol. The summed E-state index contributed by atoms with van der Waals surface area (Å²) in [5.41, 5.74) is 2.80. The lowest BCUT2D eigenvalue weighted by Gasteiger charge is -2.06. The van der Waals surface area contributed by atoms with E-state index < -0.39 is 0 Å². The fourth-order valence-electron chi connectivity index (χ4n) is 2.05. The number of hydrogen-bond donors (Lipinski definition) is 2. The van der Waals surface area contributed by atoms with E-state index in [1.165, 1.54) is 0 Å². The maximum absolute atomic E-state index is 12.3. The normalized spacial score (nSPS) is 10.7. The Kier molecular flexibility index (Phi) is 3.16. The molecule has 0 saturated carbocycles. The van der Waals surface area contributed by atoms with Crippen LogP contribution in [0.15, 0.2) is 42.5 Å². The van der Waals surface area contributed by atoms with Crippen LogP contribution < -0.4 is 5.32 Å². The van der Waals surface area contributed by atoms with Crippen LogP contribution in [0.25, 0.3) is 10.9 Å². The predicted molar refractivity (Wildman–Crippen MR) is 80.2 cm³/mol. The largest absolute Gasteiger partial charge is 0.319 e. The molecule has 0 bridgehead atoms. The Morgan fingerprint density at radius 3 is 2.90 bits per heavy atom. The molecule has 0 fully saturated rings. The molecule has 4 nitrogen and oxygen atoms in total. The van der Waals surface area contributed by atoms with Crippen molar-refractivity contribution in [2.45, 2.75) is 6.92 Å². The highest BCUT2D eigenvalue weighted by molar-refractivity contribution is 6.34. The Morgan fingerprint density at radius 1 is 1.25 bits per heavy atom. The van der Waals surface area contributed by atoms with Gasteiger partial charge < -0.3 is 5.32 Å². The third-order valence-electron chi connectivity index (χ3n) is 3.06. The number of hydrogen-bond acceptors (Lipinski definition) is 2. The van der Waals surface area contributed by atoms with E-state index in [-0.39, 0.29) is 5.91 Å². The van der Waals surface area contributed by atoms with Gasteiger partial charge in [0, 0.05) is 5.39 Å². The SMILES string of the molecule is Cc1ccc(Cl)c(NC(=O)c2n[nH]c3ccccc23)c1. The molecular weight excluding hydrogens is 274 g/mol. The van der Waals surface area contributed by atoms with Crippen LogP contribution in [-0.4, -0.2) is 16.1 Å². The number of para-hydroxylation sites is 1. The molecule has 1 heterocycles. The highest BCUT2D eigenvalue weighted by Crippen LogP contribution is 2.24. The number of aromatic nitrogens is 2. The molecule has 0 aliphatic rings. The molecule has 3 rings (SSSR count). The van der Waals surface area contributed by atoms with E-state index in [4.69, 9.17) is 11.6 Å². The van der Waals surface area contributed by atoms with Gasteiger partial charge in [-0.25, -0.2) is 0 Å². The Labute approximate surface area is 120 Å². The number of carbonyl (C=O) groups excluding carboxylic acids is 1. The fraction of sp³-hybridized carbons (Fsp3) is 0.0667. The molecule has 0 saturated heterocycles. The van der Waals surface area contributed by atoms with Crippen molar-refractivity contribution in [3.8, 4) is 0 Å². The molecule has 20 heavy (non-hydrogen) atoms. The zero-order valence-corrected chi connectivity index (χ0v) is 11.5. The highest BCUT2D eigenvalue weighted by atomic mass is 35.5. The molecular formula is C15H12ClN3O. The Hall–Kier alpha value is -2.33. The second-order valence-corrected chi connectivity index (χ2v) is 4.96. The number of benzene rings is 2. The van der Waals surface area contributed by atoms with Gasteiger partial charge in [-0.15, -0.1) is 0 Å². The van der Waals surface area contributed by atoms with E-state index in [2.05, 4.69) is 15.5 Å². The lowest BCUT2D eigenvalue weighted by atomic mass is 10.2. The maximum atomic E-state index is 12.3. The Balaban J connectivity index is 1.95. The van der Waals surface area contributed by atoms with Crippen molar-refractivity contribution in [1.82, 2.24) is 10.2 Å². The van der Waals surface area contributed by atoms with Crippen LogP contribution in [0.5, 0.6) is 0 Å². The minimum atomic E-state index is -0.282. The summed E-state index contributed by atoms with van der Waals surface area (Å²) >= 11 is 6.08. The van der Waals surface area contributed by atoms with Gasteiger partial charge in [0.05, 0.1) is 16.2 Å². The molecule has 0 radical (unpaired) electrons. The molecule has 1 amide bonds. The van der Waals surface area contributed by atoms with E-state index in [1.807, 2.05) is 43.3 Å². The minimum absolute atomic E-state index is 0.282. The predicted octanol–water partition coefficient (Wildman–Crippen LogP) is 3.78. The second-order valence-electron chi connectivity index (χ2n) is 4.56. The fourth-order valence-corrected chi connectivity index (χ4v) is 2.22. The van der Waals surface area contributed by atoms with Crippen LogP contribution in [0.1, 0.15) is 16.1 Å². The summed E-state index contributed by atoms with van der Waals surface area (Å²) in [6, 6.07) is 13.0. The lowest BCUT2D eigenvalue weighted by molar-refractivity contribution is 0.102. The average Bonchev–Trinajstić information content (AvgIpc) is 2.87. The third-order valence-corrected chi connectivity index (χ3v) is 3.39. The van der Waals surface area contributed by atoms with Crippen molar-refractivity contribution >= 4 is 34.1 Å². The number of nitrogens with one attached hydrogen (secondary N) is 2. The average molecular weight is 286 g/mol. The van der Waals surface area contributed by atoms with Crippen molar-refractivity contribution in [3.63, 3.8) is 0 Å². The van der Waals surface area contributed by atoms with Crippen molar-refractivity contribution in [3.05, 3.63) is 58.7 Å². The van der Waals surface area contributed by atoms with Gasteiger partial charge in [-0.05, 0) is 30.7 Å². The number of nitrogens with zero attached hydrogens (tertiary/aromatic N) is 1. The number of carbonyl (C=O) groups is 1.